The SMILES string of the molecule is COC(=O)C(CC(C)C)NC(=O)COC(=O)c1nn(-c2ccccc2)c2c1CCC2. The van der Waals surface area contributed by atoms with Crippen molar-refractivity contribution in [2.75, 3.05) is 13.7 Å². The lowest BCUT2D eigenvalue weighted by Crippen LogP contribution is -2.44. The average molecular weight is 413 g/mol. The normalized spacial score (nSPS) is 13.6. The third kappa shape index (κ3) is 4.87. The van der Waals surface area contributed by atoms with Crippen molar-refractivity contribution < 1.29 is 23.9 Å². The predicted molar refractivity (Wildman–Crippen MR) is 109 cm³/mol. The highest BCUT2D eigenvalue weighted by Gasteiger charge is 2.29. The highest BCUT2D eigenvalue weighted by molar-refractivity contribution is 5.92. The van der Waals surface area contributed by atoms with Crippen LogP contribution in [-0.2, 0) is 31.9 Å². The Morgan fingerprint density at radius 1 is 1.17 bits per heavy atom. The molecule has 0 fully saturated rings. The van der Waals surface area contributed by atoms with Crippen LogP contribution in [0.2, 0.25) is 0 Å². The molecule has 0 saturated heterocycles. The van der Waals surface area contributed by atoms with Crippen molar-refractivity contribution in [2.24, 2.45) is 5.92 Å². The van der Waals surface area contributed by atoms with Gasteiger partial charge in [-0.25, -0.2) is 14.3 Å². The van der Waals surface area contributed by atoms with Crippen LogP contribution in [0, 0.1) is 5.92 Å². The molecule has 0 spiro atoms. The monoisotopic (exact) mass is 413 g/mol. The zero-order valence-electron chi connectivity index (χ0n) is 17.5. The van der Waals surface area contributed by atoms with Crippen LogP contribution in [0.3, 0.4) is 0 Å². The van der Waals surface area contributed by atoms with Crippen molar-refractivity contribution in [1.82, 2.24) is 15.1 Å². The number of carbonyl (C=O) groups is 3. The molecule has 1 heterocycles. The molecule has 0 radical (unpaired) electrons. The lowest BCUT2D eigenvalue weighted by molar-refractivity contribution is -0.145. The number of methoxy groups -OCH3 is 1. The van der Waals surface area contributed by atoms with E-state index < -0.39 is 30.5 Å². The molecule has 3 rings (SSSR count). The van der Waals surface area contributed by atoms with Gasteiger partial charge in [-0.3, -0.25) is 4.79 Å². The number of hydrogen-bond acceptors (Lipinski definition) is 6. The Bertz CT molecular complexity index is 920. The Morgan fingerprint density at radius 3 is 2.57 bits per heavy atom. The molecule has 1 unspecified atom stereocenters. The van der Waals surface area contributed by atoms with Crippen molar-refractivity contribution in [3.8, 4) is 5.69 Å². The van der Waals surface area contributed by atoms with Crippen LogP contribution in [0.15, 0.2) is 30.3 Å². The number of carbonyl (C=O) groups excluding carboxylic acids is 3. The number of ether oxygens (including phenoxy) is 2. The van der Waals surface area contributed by atoms with Gasteiger partial charge in [0.2, 0.25) is 0 Å². The van der Waals surface area contributed by atoms with E-state index >= 15 is 0 Å². The summed E-state index contributed by atoms with van der Waals surface area (Å²) in [6.07, 6.45) is 2.96. The van der Waals surface area contributed by atoms with E-state index in [2.05, 4.69) is 10.4 Å². The number of amides is 1. The number of benzene rings is 1. The van der Waals surface area contributed by atoms with Gasteiger partial charge in [0.15, 0.2) is 12.3 Å². The Kier molecular flexibility index (Phi) is 6.87. The Hall–Kier alpha value is -3.16. The Balaban J connectivity index is 1.67. The minimum absolute atomic E-state index is 0.182. The first-order valence-electron chi connectivity index (χ1n) is 10.1. The fourth-order valence-corrected chi connectivity index (χ4v) is 3.65. The van der Waals surface area contributed by atoms with E-state index in [1.54, 1.807) is 4.68 Å². The van der Waals surface area contributed by atoms with Crippen molar-refractivity contribution in [1.29, 1.82) is 0 Å². The van der Waals surface area contributed by atoms with Gasteiger partial charge in [0.25, 0.3) is 5.91 Å². The molecule has 160 valence electrons. The molecule has 0 aliphatic heterocycles. The van der Waals surface area contributed by atoms with Gasteiger partial charge in [0.05, 0.1) is 12.8 Å². The summed E-state index contributed by atoms with van der Waals surface area (Å²) in [5.74, 6) is -1.54. The van der Waals surface area contributed by atoms with Gasteiger partial charge < -0.3 is 14.8 Å². The van der Waals surface area contributed by atoms with Crippen LogP contribution in [-0.4, -0.2) is 47.4 Å². The summed E-state index contributed by atoms with van der Waals surface area (Å²) < 4.78 is 11.7. The lowest BCUT2D eigenvalue weighted by Gasteiger charge is -2.18. The summed E-state index contributed by atoms with van der Waals surface area (Å²) in [7, 11) is 1.27. The molecular weight excluding hydrogens is 386 g/mol. The van der Waals surface area contributed by atoms with Gasteiger partial charge in [-0.2, -0.15) is 5.10 Å². The lowest BCUT2D eigenvalue weighted by atomic mass is 10.0. The van der Waals surface area contributed by atoms with Crippen molar-refractivity contribution in [2.45, 2.75) is 45.6 Å². The summed E-state index contributed by atoms with van der Waals surface area (Å²) in [4.78, 5) is 36.7. The maximum atomic E-state index is 12.6. The molecule has 30 heavy (non-hydrogen) atoms. The van der Waals surface area contributed by atoms with Gasteiger partial charge >= 0.3 is 11.9 Å². The molecule has 0 bridgehead atoms. The second kappa shape index (κ2) is 9.56. The van der Waals surface area contributed by atoms with Gasteiger partial charge in [-0.15, -0.1) is 0 Å². The Labute approximate surface area is 175 Å². The third-order valence-electron chi connectivity index (χ3n) is 4.99. The molecule has 1 atom stereocenters. The van der Waals surface area contributed by atoms with Crippen LogP contribution in [0.4, 0.5) is 0 Å². The van der Waals surface area contributed by atoms with Gasteiger partial charge in [0.1, 0.15) is 6.04 Å². The molecule has 1 amide bonds. The van der Waals surface area contributed by atoms with E-state index in [1.165, 1.54) is 7.11 Å². The largest absolute Gasteiger partial charge is 0.467 e. The van der Waals surface area contributed by atoms with E-state index in [-0.39, 0.29) is 11.6 Å². The van der Waals surface area contributed by atoms with Crippen LogP contribution in [0.5, 0.6) is 0 Å². The zero-order chi connectivity index (χ0) is 21.7. The minimum atomic E-state index is -0.775. The Morgan fingerprint density at radius 2 is 1.90 bits per heavy atom. The first kappa shape index (κ1) is 21.5. The van der Waals surface area contributed by atoms with Crippen LogP contribution in [0.25, 0.3) is 5.69 Å². The van der Waals surface area contributed by atoms with E-state index in [0.717, 1.165) is 36.2 Å². The highest BCUT2D eigenvalue weighted by atomic mass is 16.5. The summed E-state index contributed by atoms with van der Waals surface area (Å²) in [5.41, 5.74) is 2.99. The van der Waals surface area contributed by atoms with Gasteiger partial charge in [0, 0.05) is 11.3 Å². The fraction of sp³-hybridized carbons (Fsp3) is 0.455. The topological polar surface area (TPSA) is 99.5 Å². The maximum absolute atomic E-state index is 12.6. The average Bonchev–Trinajstić information content (AvgIpc) is 3.34. The minimum Gasteiger partial charge on any atom is -0.467 e. The molecule has 1 aromatic heterocycles. The summed E-state index contributed by atoms with van der Waals surface area (Å²) >= 11 is 0. The number of nitrogens with zero attached hydrogens (tertiary/aromatic N) is 2. The molecule has 1 aromatic carbocycles. The fourth-order valence-electron chi connectivity index (χ4n) is 3.65. The number of aromatic nitrogens is 2. The van der Waals surface area contributed by atoms with Crippen molar-refractivity contribution in [3.63, 3.8) is 0 Å². The molecule has 1 aliphatic carbocycles. The highest BCUT2D eigenvalue weighted by Crippen LogP contribution is 2.28. The third-order valence-corrected chi connectivity index (χ3v) is 4.99. The van der Waals surface area contributed by atoms with E-state index in [4.69, 9.17) is 9.47 Å². The number of fused-ring (bicyclic) bond motifs is 1. The molecule has 1 aliphatic rings. The van der Waals surface area contributed by atoms with Crippen LogP contribution < -0.4 is 5.32 Å². The standard InChI is InChI=1S/C22H27N3O5/c1-14(2)12-17(21(27)29-3)23-19(26)13-30-22(28)20-16-10-7-11-18(16)25(24-20)15-8-5-4-6-9-15/h4-6,8-9,14,17H,7,10-13H2,1-3H3,(H,23,26). The van der Waals surface area contributed by atoms with Crippen molar-refractivity contribution >= 4 is 17.8 Å². The summed E-state index contributed by atoms with van der Waals surface area (Å²) in [5, 5.41) is 7.03. The molecule has 0 saturated carbocycles. The van der Waals surface area contributed by atoms with Crippen molar-refractivity contribution in [3.05, 3.63) is 47.3 Å². The summed E-state index contributed by atoms with van der Waals surface area (Å²) in [6.45, 7) is 3.38. The van der Waals surface area contributed by atoms with E-state index in [9.17, 15) is 14.4 Å². The first-order chi connectivity index (χ1) is 14.4. The van der Waals surface area contributed by atoms with E-state index in [1.807, 2.05) is 44.2 Å². The van der Waals surface area contributed by atoms with E-state index in [0.29, 0.717) is 6.42 Å². The second-order valence-electron chi connectivity index (χ2n) is 7.72. The molecule has 2 aromatic rings. The van der Waals surface area contributed by atoms with Gasteiger partial charge in [-0.1, -0.05) is 32.0 Å². The second-order valence-corrected chi connectivity index (χ2v) is 7.72. The number of hydrogen-bond donors (Lipinski definition) is 1. The molecular formula is C22H27N3O5. The van der Waals surface area contributed by atoms with Crippen LogP contribution >= 0.6 is 0 Å². The first-order valence-corrected chi connectivity index (χ1v) is 10.1. The van der Waals surface area contributed by atoms with Crippen LogP contribution in [0.1, 0.15) is 48.4 Å². The number of esters is 2. The molecule has 8 heteroatoms. The number of nitrogens with one attached hydrogen (secondary N) is 1. The number of para-hydroxylation sites is 1. The summed E-state index contributed by atoms with van der Waals surface area (Å²) in [6, 6.07) is 8.82. The zero-order valence-corrected chi connectivity index (χ0v) is 17.5. The predicted octanol–water partition coefficient (Wildman–Crippen LogP) is 2.22. The molecule has 8 nitrogen and oxygen atoms in total. The smallest absolute Gasteiger partial charge is 0.359 e. The maximum Gasteiger partial charge on any atom is 0.359 e. The quantitative estimate of drug-likeness (QED) is 0.666. The molecule has 1 N–H and O–H groups in total. The van der Waals surface area contributed by atoms with Gasteiger partial charge in [-0.05, 0) is 43.7 Å². The number of rotatable bonds is 8.